The zero-order valence-electron chi connectivity index (χ0n) is 41.9. The molecule has 0 aliphatic heterocycles. The molecule has 0 aliphatic rings. The van der Waals surface area contributed by atoms with Gasteiger partial charge in [0.1, 0.15) is 0 Å². The lowest BCUT2D eigenvalue weighted by atomic mass is 10.0. The van der Waals surface area contributed by atoms with Gasteiger partial charge in [-0.3, -0.25) is 0 Å². The molecule has 0 aromatic heterocycles. The molecule has 58 heavy (non-hydrogen) atoms. The Kier molecular flexibility index (Phi) is 52.2. The Balaban J connectivity index is 4.58. The standard InChI is InChI=1S/C57H118P/c1-5-9-13-17-20-23-26-29-32-35-38-41-44-47-51-55-58(54-50-16-12-8-4,56-52-48-45-42-39-36-33-30-27-24-21-18-14-10-6-2)57-53-49-46-43-40-37-34-31-28-25-22-19-15-11-7-3/h5-57H2,1-4H3/q+1. The average Bonchev–Trinajstić information content (AvgIpc) is 3.23. The third-order valence-corrected chi connectivity index (χ3v) is 19.3. The van der Waals surface area contributed by atoms with Gasteiger partial charge >= 0.3 is 0 Å². The van der Waals surface area contributed by atoms with Gasteiger partial charge in [-0.25, -0.2) is 0 Å². The number of rotatable bonds is 53. The summed E-state index contributed by atoms with van der Waals surface area (Å²) >= 11 is 0. The quantitative estimate of drug-likeness (QED) is 0.0423. The van der Waals surface area contributed by atoms with Gasteiger partial charge in [-0.05, 0) is 51.4 Å². The molecule has 0 aromatic carbocycles. The van der Waals surface area contributed by atoms with Crippen molar-refractivity contribution in [2.75, 3.05) is 24.6 Å². The summed E-state index contributed by atoms with van der Waals surface area (Å²) < 4.78 is 0. The third kappa shape index (κ3) is 45.9. The van der Waals surface area contributed by atoms with Crippen LogP contribution in [0.15, 0.2) is 0 Å². The van der Waals surface area contributed by atoms with Crippen molar-refractivity contribution in [2.24, 2.45) is 0 Å². The van der Waals surface area contributed by atoms with Crippen molar-refractivity contribution in [2.45, 2.75) is 342 Å². The minimum Gasteiger partial charge on any atom is -0.0654 e. The lowest BCUT2D eigenvalue weighted by Crippen LogP contribution is -2.13. The maximum absolute atomic E-state index is 2.41. The van der Waals surface area contributed by atoms with E-state index in [9.17, 15) is 0 Å². The fourth-order valence-corrected chi connectivity index (χ4v) is 14.9. The molecular formula is C57H118P+. The van der Waals surface area contributed by atoms with Gasteiger partial charge in [0.2, 0.25) is 0 Å². The van der Waals surface area contributed by atoms with Crippen LogP contribution in [0.25, 0.3) is 0 Å². The van der Waals surface area contributed by atoms with Crippen molar-refractivity contribution in [1.82, 2.24) is 0 Å². The number of hydrogen-bond acceptors (Lipinski definition) is 0. The van der Waals surface area contributed by atoms with E-state index in [0.717, 1.165) is 0 Å². The van der Waals surface area contributed by atoms with Gasteiger partial charge in [0.15, 0.2) is 0 Å². The van der Waals surface area contributed by atoms with E-state index in [-0.39, 0.29) is 0 Å². The Morgan fingerprint density at radius 2 is 0.241 bits per heavy atom. The highest BCUT2D eigenvalue weighted by molar-refractivity contribution is 7.75. The third-order valence-electron chi connectivity index (χ3n) is 14.2. The molecule has 350 valence electrons. The first-order valence-electron chi connectivity index (χ1n) is 28.6. The van der Waals surface area contributed by atoms with Gasteiger partial charge in [0.05, 0.1) is 24.6 Å². The first kappa shape index (κ1) is 58.4. The summed E-state index contributed by atoms with van der Waals surface area (Å²) in [4.78, 5) is 0. The molecule has 0 aliphatic carbocycles. The topological polar surface area (TPSA) is 0 Å². The molecule has 0 nitrogen and oxygen atoms in total. The van der Waals surface area contributed by atoms with E-state index in [4.69, 9.17) is 0 Å². The number of hydrogen-bond donors (Lipinski definition) is 0. The second-order valence-corrected chi connectivity index (χ2v) is 24.6. The molecule has 0 aromatic rings. The highest BCUT2D eigenvalue weighted by atomic mass is 31.2. The number of unbranched alkanes of at least 4 members (excludes halogenated alkanes) is 45. The lowest BCUT2D eigenvalue weighted by molar-refractivity contribution is 0.533. The van der Waals surface area contributed by atoms with Gasteiger partial charge in [-0.1, -0.05) is 291 Å². The molecule has 0 unspecified atom stereocenters. The molecule has 0 fully saturated rings. The SMILES string of the molecule is CCCCCCCCCCCCCCCCC[P+](CCCCCC)(CCCCCCCCCCCCCCCCC)CCCCCCCCCCCCCCCCC. The van der Waals surface area contributed by atoms with Gasteiger partial charge < -0.3 is 0 Å². The van der Waals surface area contributed by atoms with Crippen molar-refractivity contribution >= 4 is 7.26 Å². The molecule has 1 heteroatoms. The Hall–Kier alpha value is 0.430. The fraction of sp³-hybridized carbons (Fsp3) is 1.00. The van der Waals surface area contributed by atoms with Crippen molar-refractivity contribution in [1.29, 1.82) is 0 Å². The van der Waals surface area contributed by atoms with Crippen LogP contribution in [0, 0.1) is 0 Å². The van der Waals surface area contributed by atoms with Crippen molar-refractivity contribution in [3.8, 4) is 0 Å². The van der Waals surface area contributed by atoms with Crippen LogP contribution in [0.3, 0.4) is 0 Å². The largest absolute Gasteiger partial charge is 0.0654 e. The molecular weight excluding hydrogens is 716 g/mol. The van der Waals surface area contributed by atoms with E-state index in [1.165, 1.54) is 289 Å². The predicted octanol–water partition coefficient (Wildman–Crippen LogP) is 22.2. The van der Waals surface area contributed by atoms with E-state index < -0.39 is 7.26 Å². The summed E-state index contributed by atoms with van der Waals surface area (Å²) in [6.07, 6.45) is 79.7. The van der Waals surface area contributed by atoms with Crippen molar-refractivity contribution in [3.05, 3.63) is 0 Å². The molecule has 0 bridgehead atoms. The molecule has 0 atom stereocenters. The summed E-state index contributed by atoms with van der Waals surface area (Å²) in [5.41, 5.74) is 0. The van der Waals surface area contributed by atoms with Crippen LogP contribution in [0.5, 0.6) is 0 Å². The summed E-state index contributed by atoms with van der Waals surface area (Å²) in [5.74, 6) is 0. The van der Waals surface area contributed by atoms with Crippen LogP contribution < -0.4 is 0 Å². The summed E-state index contributed by atoms with van der Waals surface area (Å²) in [7, 11) is -0.796. The van der Waals surface area contributed by atoms with Gasteiger partial charge in [-0.2, -0.15) is 0 Å². The first-order valence-corrected chi connectivity index (χ1v) is 31.1. The maximum atomic E-state index is 2.41. The highest BCUT2D eigenvalue weighted by Gasteiger charge is 2.35. The molecule has 0 amide bonds. The maximum Gasteiger partial charge on any atom is 0.0594 e. The zero-order chi connectivity index (χ0) is 42.0. The summed E-state index contributed by atoms with van der Waals surface area (Å²) in [6, 6.07) is 0. The molecule has 0 spiro atoms. The minimum absolute atomic E-state index is 0.796. The summed E-state index contributed by atoms with van der Waals surface area (Å²) in [5, 5.41) is 0. The Morgan fingerprint density at radius 3 is 0.379 bits per heavy atom. The monoisotopic (exact) mass is 834 g/mol. The van der Waals surface area contributed by atoms with Crippen LogP contribution in [0.4, 0.5) is 0 Å². The predicted molar refractivity (Wildman–Crippen MR) is 275 cm³/mol. The smallest absolute Gasteiger partial charge is 0.0594 e. The Bertz CT molecular complexity index is 616. The van der Waals surface area contributed by atoms with E-state index in [0.29, 0.717) is 0 Å². The summed E-state index contributed by atoms with van der Waals surface area (Å²) in [6.45, 7) is 9.39. The first-order chi connectivity index (χ1) is 28.7. The Labute approximate surface area is 372 Å². The second kappa shape index (κ2) is 51.8. The molecule has 0 saturated carbocycles. The lowest BCUT2D eigenvalue weighted by Gasteiger charge is -2.28. The Morgan fingerprint density at radius 1 is 0.138 bits per heavy atom. The molecule has 0 rings (SSSR count). The molecule has 0 radical (unpaired) electrons. The van der Waals surface area contributed by atoms with Crippen LogP contribution in [0.1, 0.15) is 342 Å². The molecule has 0 heterocycles. The van der Waals surface area contributed by atoms with E-state index >= 15 is 0 Å². The van der Waals surface area contributed by atoms with Crippen LogP contribution in [0.2, 0.25) is 0 Å². The van der Waals surface area contributed by atoms with Gasteiger partial charge in [0.25, 0.3) is 0 Å². The van der Waals surface area contributed by atoms with Gasteiger partial charge in [0, 0.05) is 7.26 Å². The molecule has 0 N–H and O–H groups in total. The van der Waals surface area contributed by atoms with Crippen LogP contribution >= 0.6 is 7.26 Å². The van der Waals surface area contributed by atoms with E-state index in [1.807, 2.05) is 0 Å². The van der Waals surface area contributed by atoms with Crippen LogP contribution in [-0.2, 0) is 0 Å². The van der Waals surface area contributed by atoms with E-state index in [1.54, 1.807) is 50.3 Å². The zero-order valence-corrected chi connectivity index (χ0v) is 42.8. The minimum atomic E-state index is -0.796. The van der Waals surface area contributed by atoms with Crippen molar-refractivity contribution in [3.63, 3.8) is 0 Å². The highest BCUT2D eigenvalue weighted by Crippen LogP contribution is 2.61. The van der Waals surface area contributed by atoms with E-state index in [2.05, 4.69) is 27.7 Å². The second-order valence-electron chi connectivity index (χ2n) is 20.1. The average molecular weight is 835 g/mol. The fourth-order valence-electron chi connectivity index (χ4n) is 10.0. The van der Waals surface area contributed by atoms with Crippen molar-refractivity contribution < 1.29 is 0 Å². The molecule has 0 saturated heterocycles. The van der Waals surface area contributed by atoms with Crippen LogP contribution in [-0.4, -0.2) is 24.6 Å². The normalized spacial score (nSPS) is 12.0. The van der Waals surface area contributed by atoms with Gasteiger partial charge in [-0.15, -0.1) is 0 Å².